The molecule has 7 nitrogen and oxygen atoms in total. The quantitative estimate of drug-likeness (QED) is 0.781. The molecule has 2 heterocycles. The molecule has 0 aromatic heterocycles. The lowest BCUT2D eigenvalue weighted by molar-refractivity contribution is -0.117. The third-order valence-corrected chi connectivity index (χ3v) is 4.37. The molecule has 0 aliphatic carbocycles. The van der Waals surface area contributed by atoms with E-state index in [1.54, 1.807) is 18.2 Å². The van der Waals surface area contributed by atoms with Crippen molar-refractivity contribution in [2.75, 3.05) is 32.0 Å². The van der Waals surface area contributed by atoms with Gasteiger partial charge in [0, 0.05) is 31.9 Å². The topological polar surface area (TPSA) is 95.7 Å². The molecule has 0 atom stereocenters. The van der Waals surface area contributed by atoms with Gasteiger partial charge in [0.2, 0.25) is 5.91 Å². The maximum absolute atomic E-state index is 12.1. The lowest BCUT2D eigenvalue weighted by Crippen LogP contribution is -2.43. The highest BCUT2D eigenvalue weighted by Gasteiger charge is 2.32. The fourth-order valence-electron chi connectivity index (χ4n) is 2.95. The highest BCUT2D eigenvalue weighted by atomic mass is 16.2. The van der Waals surface area contributed by atoms with Crippen molar-refractivity contribution in [1.82, 2.24) is 9.80 Å². The van der Waals surface area contributed by atoms with E-state index in [1.807, 2.05) is 0 Å². The number of fused-ring (bicyclic) bond motifs is 1. The van der Waals surface area contributed by atoms with Crippen LogP contribution in [0.25, 0.3) is 0 Å². The summed E-state index contributed by atoms with van der Waals surface area (Å²) >= 11 is 0. The number of nitrogens with one attached hydrogen (secondary N) is 1. The summed E-state index contributed by atoms with van der Waals surface area (Å²) in [6.45, 7) is 1.93. The summed E-state index contributed by atoms with van der Waals surface area (Å²) in [6, 6.07) is 5.01. The molecule has 7 heteroatoms. The van der Waals surface area contributed by atoms with E-state index in [0.29, 0.717) is 23.4 Å². The summed E-state index contributed by atoms with van der Waals surface area (Å²) in [6.07, 6.45) is 1.80. The summed E-state index contributed by atoms with van der Waals surface area (Å²) in [5, 5.41) is 2.79. The van der Waals surface area contributed by atoms with Crippen LogP contribution < -0.4 is 11.1 Å². The molecule has 1 fully saturated rings. The van der Waals surface area contributed by atoms with Gasteiger partial charge in [-0.2, -0.15) is 0 Å². The van der Waals surface area contributed by atoms with Gasteiger partial charge in [0.25, 0.3) is 11.8 Å². The van der Waals surface area contributed by atoms with Gasteiger partial charge in [-0.15, -0.1) is 0 Å². The molecular formula is C16H20N4O3. The van der Waals surface area contributed by atoms with Gasteiger partial charge >= 0.3 is 0 Å². The Labute approximate surface area is 134 Å². The molecule has 3 rings (SSSR count). The predicted molar refractivity (Wildman–Crippen MR) is 85.1 cm³/mol. The number of imide groups is 1. The average molecular weight is 316 g/mol. The van der Waals surface area contributed by atoms with Crippen molar-refractivity contribution in [3.63, 3.8) is 0 Å². The highest BCUT2D eigenvalue weighted by Crippen LogP contribution is 2.24. The molecule has 3 N–H and O–H groups in total. The zero-order chi connectivity index (χ0) is 16.6. The van der Waals surface area contributed by atoms with Gasteiger partial charge in [-0.25, -0.2) is 0 Å². The van der Waals surface area contributed by atoms with Crippen molar-refractivity contribution in [2.24, 2.45) is 5.73 Å². The van der Waals surface area contributed by atoms with E-state index in [1.165, 1.54) is 7.05 Å². The fraction of sp³-hybridized carbons (Fsp3) is 0.438. The molecule has 0 unspecified atom stereocenters. The first-order chi connectivity index (χ1) is 11.0. The van der Waals surface area contributed by atoms with E-state index in [4.69, 9.17) is 5.73 Å². The smallest absolute Gasteiger partial charge is 0.261 e. The van der Waals surface area contributed by atoms with Crippen LogP contribution in [0.2, 0.25) is 0 Å². The van der Waals surface area contributed by atoms with Crippen LogP contribution in [-0.2, 0) is 4.79 Å². The van der Waals surface area contributed by atoms with Crippen LogP contribution in [0.1, 0.15) is 33.6 Å². The van der Waals surface area contributed by atoms with Gasteiger partial charge in [0.15, 0.2) is 0 Å². The normalized spacial score (nSPS) is 19.1. The van der Waals surface area contributed by atoms with Crippen LogP contribution >= 0.6 is 0 Å². The molecule has 23 heavy (non-hydrogen) atoms. The van der Waals surface area contributed by atoms with E-state index in [-0.39, 0.29) is 23.8 Å². The number of hydrogen-bond acceptors (Lipinski definition) is 5. The molecule has 0 saturated carbocycles. The second-order valence-electron chi connectivity index (χ2n) is 6.09. The minimum absolute atomic E-state index is 0.134. The molecule has 0 radical (unpaired) electrons. The number of carbonyl (C=O) groups is 3. The van der Waals surface area contributed by atoms with Gasteiger partial charge in [-0.3, -0.25) is 24.2 Å². The monoisotopic (exact) mass is 316 g/mol. The van der Waals surface area contributed by atoms with Crippen molar-refractivity contribution < 1.29 is 14.4 Å². The van der Waals surface area contributed by atoms with E-state index in [2.05, 4.69) is 10.2 Å². The van der Waals surface area contributed by atoms with Crippen molar-refractivity contribution in [2.45, 2.75) is 18.9 Å². The molecule has 2 aliphatic heterocycles. The SMILES string of the molecule is CN1C(=O)c2ccc(NC(=O)CN3CCC(N)CC3)cc2C1=O. The van der Waals surface area contributed by atoms with Gasteiger partial charge in [-0.1, -0.05) is 0 Å². The Hall–Kier alpha value is -2.25. The van der Waals surface area contributed by atoms with Crippen molar-refractivity contribution in [3.8, 4) is 0 Å². The third kappa shape index (κ3) is 3.11. The van der Waals surface area contributed by atoms with Gasteiger partial charge in [0.1, 0.15) is 0 Å². The maximum atomic E-state index is 12.1. The standard InChI is InChI=1S/C16H20N4O3/c1-19-15(22)12-3-2-11(8-13(12)16(19)23)18-14(21)9-20-6-4-10(17)5-7-20/h2-3,8,10H,4-7,9,17H2,1H3,(H,18,21). The van der Waals surface area contributed by atoms with Crippen LogP contribution in [0, 0.1) is 0 Å². The summed E-state index contributed by atoms with van der Waals surface area (Å²) in [5.74, 6) is -0.788. The Bertz CT molecular complexity index is 665. The molecule has 122 valence electrons. The number of benzene rings is 1. The van der Waals surface area contributed by atoms with Gasteiger partial charge in [0.05, 0.1) is 17.7 Å². The second kappa shape index (κ2) is 6.10. The van der Waals surface area contributed by atoms with E-state index >= 15 is 0 Å². The summed E-state index contributed by atoms with van der Waals surface area (Å²) < 4.78 is 0. The van der Waals surface area contributed by atoms with Crippen molar-refractivity contribution >= 4 is 23.4 Å². The molecule has 1 saturated heterocycles. The first-order valence-electron chi connectivity index (χ1n) is 7.70. The number of anilines is 1. The van der Waals surface area contributed by atoms with E-state index < -0.39 is 0 Å². The Balaban J connectivity index is 1.64. The van der Waals surface area contributed by atoms with Crippen LogP contribution in [0.4, 0.5) is 5.69 Å². The average Bonchev–Trinajstić information content (AvgIpc) is 2.74. The first-order valence-corrected chi connectivity index (χ1v) is 7.70. The van der Waals surface area contributed by atoms with Gasteiger partial charge < -0.3 is 11.1 Å². The predicted octanol–water partition coefficient (Wildman–Crippen LogP) is 0.274. The summed E-state index contributed by atoms with van der Waals surface area (Å²) in [5.41, 5.74) is 7.08. The number of likely N-dealkylation sites (tertiary alicyclic amines) is 1. The van der Waals surface area contributed by atoms with Crippen LogP contribution in [0.15, 0.2) is 18.2 Å². The molecule has 0 spiro atoms. The molecule has 1 aromatic rings. The minimum atomic E-state index is -0.342. The summed E-state index contributed by atoms with van der Waals surface area (Å²) in [4.78, 5) is 39.1. The first kappa shape index (κ1) is 15.6. The van der Waals surface area contributed by atoms with Crippen molar-refractivity contribution in [3.05, 3.63) is 29.3 Å². The molecule has 3 amide bonds. The van der Waals surface area contributed by atoms with E-state index in [9.17, 15) is 14.4 Å². The number of rotatable bonds is 3. The molecule has 1 aromatic carbocycles. The van der Waals surface area contributed by atoms with Crippen LogP contribution in [0.5, 0.6) is 0 Å². The Morgan fingerprint density at radius 1 is 1.22 bits per heavy atom. The van der Waals surface area contributed by atoms with Crippen LogP contribution in [-0.4, -0.2) is 60.2 Å². The molecular weight excluding hydrogens is 296 g/mol. The Morgan fingerprint density at radius 2 is 1.87 bits per heavy atom. The number of piperidine rings is 1. The second-order valence-corrected chi connectivity index (χ2v) is 6.09. The lowest BCUT2D eigenvalue weighted by Gasteiger charge is -2.29. The fourth-order valence-corrected chi connectivity index (χ4v) is 2.95. The number of hydrogen-bond donors (Lipinski definition) is 2. The van der Waals surface area contributed by atoms with E-state index in [0.717, 1.165) is 30.8 Å². The Kier molecular flexibility index (Phi) is 4.14. The maximum Gasteiger partial charge on any atom is 0.261 e. The zero-order valence-electron chi connectivity index (χ0n) is 13.0. The number of amides is 3. The van der Waals surface area contributed by atoms with Crippen LogP contribution in [0.3, 0.4) is 0 Å². The highest BCUT2D eigenvalue weighted by molar-refractivity contribution is 6.21. The zero-order valence-corrected chi connectivity index (χ0v) is 13.0. The van der Waals surface area contributed by atoms with Gasteiger partial charge in [-0.05, 0) is 31.0 Å². The largest absolute Gasteiger partial charge is 0.328 e. The summed E-state index contributed by atoms with van der Waals surface area (Å²) in [7, 11) is 1.45. The number of carbonyl (C=O) groups excluding carboxylic acids is 3. The third-order valence-electron chi connectivity index (χ3n) is 4.37. The number of nitrogens with two attached hydrogens (primary N) is 1. The molecule has 0 bridgehead atoms. The van der Waals surface area contributed by atoms with Crippen molar-refractivity contribution in [1.29, 1.82) is 0 Å². The lowest BCUT2D eigenvalue weighted by atomic mass is 10.1. The molecule has 2 aliphatic rings. The number of nitrogens with zero attached hydrogens (tertiary/aromatic N) is 2. The Morgan fingerprint density at radius 3 is 2.57 bits per heavy atom. The minimum Gasteiger partial charge on any atom is -0.328 e.